The number of hydrogen-bond donors (Lipinski definition) is 0. The second-order valence-electron chi connectivity index (χ2n) is 6.16. The Morgan fingerprint density at radius 2 is 2.30 bits per heavy atom. The van der Waals surface area contributed by atoms with Gasteiger partial charge in [-0.1, -0.05) is 0 Å². The van der Waals surface area contributed by atoms with Gasteiger partial charge in [0.25, 0.3) is 5.91 Å². The number of nitrogens with zero attached hydrogens (tertiary/aromatic N) is 4. The fraction of sp³-hybridized carbons (Fsp3) is 0.438. The fourth-order valence-electron chi connectivity index (χ4n) is 3.19. The smallest absolute Gasteiger partial charge is 0.274 e. The lowest BCUT2D eigenvalue weighted by molar-refractivity contribution is 0.0511. The third-order valence-electron chi connectivity index (χ3n) is 4.29. The predicted octanol–water partition coefficient (Wildman–Crippen LogP) is 1.59. The largest absolute Gasteiger partial charge is 0.488 e. The Labute approximate surface area is 138 Å². The minimum absolute atomic E-state index is 0.0217. The molecule has 2 fully saturated rings. The Balaban J connectivity index is 1.33. The van der Waals surface area contributed by atoms with Crippen LogP contribution in [0.1, 0.15) is 16.9 Å². The number of likely N-dealkylation sites (tertiary alicyclic amines) is 1. The van der Waals surface area contributed by atoms with Crippen LogP contribution in [0.2, 0.25) is 0 Å². The van der Waals surface area contributed by atoms with Crippen LogP contribution in [0.25, 0.3) is 0 Å². The van der Waals surface area contributed by atoms with E-state index in [9.17, 15) is 4.79 Å². The van der Waals surface area contributed by atoms with E-state index in [0.717, 1.165) is 31.0 Å². The maximum absolute atomic E-state index is 12.4. The summed E-state index contributed by atoms with van der Waals surface area (Å²) in [4.78, 5) is 18.3. The molecule has 1 amide bonds. The monoisotopic (exact) mass is 330 g/mol. The van der Waals surface area contributed by atoms with Crippen molar-refractivity contribution in [3.8, 4) is 5.75 Å². The van der Waals surface area contributed by atoms with Crippen molar-refractivity contribution >= 4 is 17.7 Å². The zero-order valence-electron chi connectivity index (χ0n) is 12.9. The minimum atomic E-state index is 0.0217. The fourth-order valence-corrected chi connectivity index (χ4v) is 4.72. The molecule has 1 atom stereocenters. The van der Waals surface area contributed by atoms with Crippen LogP contribution in [-0.4, -0.2) is 55.3 Å². The molecule has 1 spiro atoms. The Morgan fingerprint density at radius 1 is 1.43 bits per heavy atom. The second kappa shape index (κ2) is 5.56. The number of thioether (sulfide) groups is 1. The normalized spacial score (nSPS) is 22.1. The number of carbonyl (C=O) groups is 1. The molecule has 2 aromatic heterocycles. The van der Waals surface area contributed by atoms with Crippen LogP contribution in [0.3, 0.4) is 0 Å². The van der Waals surface area contributed by atoms with Gasteiger partial charge in [-0.05, 0) is 18.2 Å². The molecule has 2 aliphatic heterocycles. The molecule has 2 aromatic rings. The number of carbonyl (C=O) groups excluding carboxylic acids is 1. The average Bonchev–Trinajstić information content (AvgIpc) is 3.13. The minimum Gasteiger partial charge on any atom is -0.488 e. The van der Waals surface area contributed by atoms with Crippen LogP contribution in [0, 0.1) is 0 Å². The highest BCUT2D eigenvalue weighted by Gasteiger charge is 2.51. The summed E-state index contributed by atoms with van der Waals surface area (Å²) in [6, 6.07) is 5.58. The van der Waals surface area contributed by atoms with Gasteiger partial charge in [0.05, 0.1) is 10.9 Å². The Hall–Kier alpha value is -2.02. The number of ether oxygens (including phenoxy) is 1. The number of amides is 1. The van der Waals surface area contributed by atoms with E-state index in [-0.39, 0.29) is 16.8 Å². The topological polar surface area (TPSA) is 60.2 Å². The number of pyridine rings is 1. The molecule has 0 radical (unpaired) electrons. The molecule has 0 saturated carbocycles. The summed E-state index contributed by atoms with van der Waals surface area (Å²) in [7, 11) is 1.82. The number of hydrogen-bond acceptors (Lipinski definition) is 5. The van der Waals surface area contributed by atoms with Gasteiger partial charge < -0.3 is 9.64 Å². The highest BCUT2D eigenvalue weighted by atomic mass is 32.2. The standard InChI is InChI=1S/C16H18N4O2S/c1-19-6-4-14(18-19)15(21)20-10-16(11-20)7-13(9-23-16)22-12-3-2-5-17-8-12/h2-6,8,13H,7,9-11H2,1H3/t13-/m1/s1. The van der Waals surface area contributed by atoms with Gasteiger partial charge in [-0.15, -0.1) is 11.8 Å². The molecule has 4 rings (SSSR count). The Bertz CT molecular complexity index is 712. The maximum atomic E-state index is 12.4. The van der Waals surface area contributed by atoms with Gasteiger partial charge in [-0.25, -0.2) is 0 Å². The van der Waals surface area contributed by atoms with Gasteiger partial charge in [-0.3, -0.25) is 14.5 Å². The molecule has 6 nitrogen and oxygen atoms in total. The van der Waals surface area contributed by atoms with Gasteiger partial charge in [0.15, 0.2) is 0 Å². The summed E-state index contributed by atoms with van der Waals surface area (Å²) in [5.41, 5.74) is 0.522. The van der Waals surface area contributed by atoms with E-state index >= 15 is 0 Å². The summed E-state index contributed by atoms with van der Waals surface area (Å²) in [6.07, 6.45) is 6.44. The molecular formula is C16H18N4O2S. The Morgan fingerprint density at radius 3 is 3.00 bits per heavy atom. The summed E-state index contributed by atoms with van der Waals surface area (Å²) < 4.78 is 7.80. The van der Waals surface area contributed by atoms with Crippen LogP contribution < -0.4 is 4.74 Å². The van der Waals surface area contributed by atoms with Crippen molar-refractivity contribution in [2.45, 2.75) is 17.3 Å². The molecule has 0 unspecified atom stereocenters. The Kier molecular flexibility index (Phi) is 3.52. The quantitative estimate of drug-likeness (QED) is 0.855. The second-order valence-corrected chi connectivity index (χ2v) is 7.65. The van der Waals surface area contributed by atoms with Crippen LogP contribution in [-0.2, 0) is 7.05 Å². The van der Waals surface area contributed by atoms with E-state index in [2.05, 4.69) is 10.1 Å². The zero-order chi connectivity index (χ0) is 15.9. The zero-order valence-corrected chi connectivity index (χ0v) is 13.7. The molecule has 2 saturated heterocycles. The molecule has 0 aromatic carbocycles. The first-order chi connectivity index (χ1) is 11.1. The molecule has 23 heavy (non-hydrogen) atoms. The molecule has 4 heterocycles. The van der Waals surface area contributed by atoms with Gasteiger partial charge in [0, 0.05) is 44.7 Å². The molecule has 120 valence electrons. The van der Waals surface area contributed by atoms with Crippen molar-refractivity contribution < 1.29 is 9.53 Å². The van der Waals surface area contributed by atoms with Gasteiger partial charge >= 0.3 is 0 Å². The van der Waals surface area contributed by atoms with E-state index in [1.165, 1.54) is 0 Å². The van der Waals surface area contributed by atoms with E-state index in [1.54, 1.807) is 29.3 Å². The molecule has 0 aliphatic carbocycles. The lowest BCUT2D eigenvalue weighted by Gasteiger charge is -2.47. The molecule has 0 N–H and O–H groups in total. The van der Waals surface area contributed by atoms with Crippen molar-refractivity contribution in [3.05, 3.63) is 42.5 Å². The highest BCUT2D eigenvalue weighted by Crippen LogP contribution is 2.46. The third-order valence-corrected chi connectivity index (χ3v) is 5.87. The van der Waals surface area contributed by atoms with Crippen molar-refractivity contribution in [2.24, 2.45) is 7.05 Å². The van der Waals surface area contributed by atoms with Crippen molar-refractivity contribution in [2.75, 3.05) is 18.8 Å². The summed E-state index contributed by atoms with van der Waals surface area (Å²) in [5, 5.41) is 4.19. The van der Waals surface area contributed by atoms with Crippen LogP contribution in [0.4, 0.5) is 0 Å². The van der Waals surface area contributed by atoms with E-state index in [1.807, 2.05) is 35.8 Å². The number of aryl methyl sites for hydroxylation is 1. The third kappa shape index (κ3) is 2.81. The number of rotatable bonds is 3. The predicted molar refractivity (Wildman–Crippen MR) is 87.6 cm³/mol. The molecule has 2 aliphatic rings. The lowest BCUT2D eigenvalue weighted by atomic mass is 9.92. The first kappa shape index (κ1) is 14.6. The van der Waals surface area contributed by atoms with E-state index in [4.69, 9.17) is 4.74 Å². The first-order valence-corrected chi connectivity index (χ1v) is 8.62. The van der Waals surface area contributed by atoms with Crippen molar-refractivity contribution in [1.29, 1.82) is 0 Å². The molecule has 0 bridgehead atoms. The van der Waals surface area contributed by atoms with Crippen LogP contribution in [0.5, 0.6) is 5.75 Å². The maximum Gasteiger partial charge on any atom is 0.274 e. The first-order valence-electron chi connectivity index (χ1n) is 7.63. The SMILES string of the molecule is Cn1ccc(C(=O)N2CC3(C[C@@H](Oc4cccnc4)CS3)C2)n1. The summed E-state index contributed by atoms with van der Waals surface area (Å²) >= 11 is 1.92. The van der Waals surface area contributed by atoms with E-state index in [0.29, 0.717) is 5.69 Å². The summed E-state index contributed by atoms with van der Waals surface area (Å²) in [6.45, 7) is 1.56. The van der Waals surface area contributed by atoms with Gasteiger partial charge in [-0.2, -0.15) is 5.10 Å². The molecule has 7 heteroatoms. The van der Waals surface area contributed by atoms with Crippen molar-refractivity contribution in [3.63, 3.8) is 0 Å². The van der Waals surface area contributed by atoms with Crippen LogP contribution >= 0.6 is 11.8 Å². The van der Waals surface area contributed by atoms with Crippen LogP contribution in [0.15, 0.2) is 36.8 Å². The van der Waals surface area contributed by atoms with E-state index < -0.39 is 0 Å². The van der Waals surface area contributed by atoms with Crippen molar-refractivity contribution in [1.82, 2.24) is 19.7 Å². The van der Waals surface area contributed by atoms with Gasteiger partial charge in [0.2, 0.25) is 0 Å². The van der Waals surface area contributed by atoms with Gasteiger partial charge in [0.1, 0.15) is 17.5 Å². The lowest BCUT2D eigenvalue weighted by Crippen LogP contribution is -2.60. The highest BCUT2D eigenvalue weighted by molar-refractivity contribution is 8.01. The average molecular weight is 330 g/mol. The molecular weight excluding hydrogens is 312 g/mol. The summed E-state index contributed by atoms with van der Waals surface area (Å²) in [5.74, 6) is 1.80. The number of aromatic nitrogens is 3.